The summed E-state index contributed by atoms with van der Waals surface area (Å²) in [7, 11) is 1.81. The van der Waals surface area contributed by atoms with Crippen LogP contribution < -0.4 is 0 Å². The van der Waals surface area contributed by atoms with Crippen LogP contribution >= 0.6 is 0 Å². The van der Waals surface area contributed by atoms with E-state index in [1.807, 2.05) is 68.7 Å². The van der Waals surface area contributed by atoms with E-state index in [2.05, 4.69) is 10.1 Å². The first-order valence-electron chi connectivity index (χ1n) is 11.0. The molecule has 1 fully saturated rings. The van der Waals surface area contributed by atoms with Crippen LogP contribution in [-0.4, -0.2) is 62.6 Å². The molecule has 0 radical (unpaired) electrons. The molecule has 4 rings (SSSR count). The molecular weight excluding hydrogens is 402 g/mol. The Morgan fingerprint density at radius 1 is 1.16 bits per heavy atom. The Labute approximate surface area is 188 Å². The number of aryl methyl sites for hydroxylation is 1. The summed E-state index contributed by atoms with van der Waals surface area (Å²) in [6.07, 6.45) is 5.92. The number of rotatable bonds is 6. The van der Waals surface area contributed by atoms with E-state index in [1.54, 1.807) is 27.7 Å². The van der Waals surface area contributed by atoms with Gasteiger partial charge in [-0.2, -0.15) is 5.10 Å². The van der Waals surface area contributed by atoms with Gasteiger partial charge in [0.2, 0.25) is 11.8 Å². The number of hydrogen-bond acceptors (Lipinski definition) is 4. The summed E-state index contributed by atoms with van der Waals surface area (Å²) in [5.74, 6) is -0.308. The Bertz CT molecular complexity index is 1090. The monoisotopic (exact) mass is 431 g/mol. The van der Waals surface area contributed by atoms with Gasteiger partial charge in [-0.25, -0.2) is 0 Å². The molecule has 1 aliphatic rings. The lowest BCUT2D eigenvalue weighted by molar-refractivity contribution is -0.152. The molecule has 0 aliphatic carbocycles. The maximum absolute atomic E-state index is 13.4. The van der Waals surface area contributed by atoms with E-state index in [0.717, 1.165) is 22.4 Å². The zero-order valence-corrected chi connectivity index (χ0v) is 18.8. The van der Waals surface area contributed by atoms with Gasteiger partial charge in [-0.1, -0.05) is 37.3 Å². The Morgan fingerprint density at radius 3 is 2.69 bits per heavy atom. The first kappa shape index (κ1) is 21.7. The molecule has 2 aromatic heterocycles. The molecule has 32 heavy (non-hydrogen) atoms. The second-order valence-corrected chi connectivity index (χ2v) is 8.49. The molecule has 7 heteroatoms. The van der Waals surface area contributed by atoms with Crippen LogP contribution in [-0.2, 0) is 22.6 Å². The first-order chi connectivity index (χ1) is 15.4. The van der Waals surface area contributed by atoms with E-state index in [9.17, 15) is 9.59 Å². The quantitative estimate of drug-likeness (QED) is 0.602. The summed E-state index contributed by atoms with van der Waals surface area (Å²) < 4.78 is 1.79. The molecular formula is C25H29N5O2. The highest BCUT2D eigenvalue weighted by Gasteiger charge is 2.37. The van der Waals surface area contributed by atoms with Gasteiger partial charge < -0.3 is 9.80 Å². The molecule has 2 atom stereocenters. The highest BCUT2D eigenvalue weighted by molar-refractivity contribution is 5.90. The SMILES string of the molecule is Cc1ccn(C[C@@H](C)C(=O)N2CCN(C)C(=O)[C@H]2Cc2ccccc2-c2cccnc2)n1. The zero-order chi connectivity index (χ0) is 22.7. The molecule has 3 heterocycles. The van der Waals surface area contributed by atoms with Crippen molar-refractivity contribution in [3.05, 3.63) is 72.3 Å². The molecule has 1 saturated heterocycles. The summed E-state index contributed by atoms with van der Waals surface area (Å²) in [5, 5.41) is 4.40. The third-order valence-electron chi connectivity index (χ3n) is 6.06. The zero-order valence-electron chi connectivity index (χ0n) is 18.8. The van der Waals surface area contributed by atoms with Gasteiger partial charge in [-0.05, 0) is 30.2 Å². The van der Waals surface area contributed by atoms with Gasteiger partial charge in [0.05, 0.1) is 18.2 Å². The molecule has 0 bridgehead atoms. The van der Waals surface area contributed by atoms with E-state index in [4.69, 9.17) is 0 Å². The van der Waals surface area contributed by atoms with Crippen molar-refractivity contribution in [2.45, 2.75) is 32.9 Å². The highest BCUT2D eigenvalue weighted by Crippen LogP contribution is 2.27. The van der Waals surface area contributed by atoms with Crippen LogP contribution in [0.3, 0.4) is 0 Å². The van der Waals surface area contributed by atoms with E-state index in [1.165, 1.54) is 0 Å². The standard InChI is InChI=1S/C25H29N5O2/c1-18(17-29-12-10-19(2)27-29)24(31)30-14-13-28(3)25(32)23(30)15-20-7-4-5-9-22(20)21-8-6-11-26-16-21/h4-12,16,18,23H,13-15,17H2,1-3H3/t18-,23-/m1/s1. The summed E-state index contributed by atoms with van der Waals surface area (Å²) >= 11 is 0. The van der Waals surface area contributed by atoms with Crippen molar-refractivity contribution < 1.29 is 9.59 Å². The summed E-state index contributed by atoms with van der Waals surface area (Å²) in [6.45, 7) is 5.40. The molecule has 0 saturated carbocycles. The van der Waals surface area contributed by atoms with Crippen LogP contribution in [0.25, 0.3) is 11.1 Å². The molecule has 166 valence electrons. The molecule has 0 unspecified atom stereocenters. The van der Waals surface area contributed by atoms with Crippen molar-refractivity contribution in [1.82, 2.24) is 24.6 Å². The first-order valence-corrected chi connectivity index (χ1v) is 11.0. The number of aromatic nitrogens is 3. The summed E-state index contributed by atoms with van der Waals surface area (Å²) in [6, 6.07) is 13.3. The van der Waals surface area contributed by atoms with Crippen molar-refractivity contribution >= 4 is 11.8 Å². The van der Waals surface area contributed by atoms with E-state index in [0.29, 0.717) is 26.1 Å². The van der Waals surface area contributed by atoms with Crippen LogP contribution in [0.4, 0.5) is 0 Å². The Morgan fingerprint density at radius 2 is 1.97 bits per heavy atom. The van der Waals surface area contributed by atoms with E-state index >= 15 is 0 Å². The largest absolute Gasteiger partial charge is 0.342 e. The number of hydrogen-bond donors (Lipinski definition) is 0. The van der Waals surface area contributed by atoms with Crippen molar-refractivity contribution in [2.75, 3.05) is 20.1 Å². The fraction of sp³-hybridized carbons (Fsp3) is 0.360. The van der Waals surface area contributed by atoms with Gasteiger partial charge in [0.15, 0.2) is 0 Å². The predicted octanol–water partition coefficient (Wildman–Crippen LogP) is 2.80. The van der Waals surface area contributed by atoms with Crippen LogP contribution in [0.1, 0.15) is 18.2 Å². The van der Waals surface area contributed by atoms with Gasteiger partial charge in [-0.15, -0.1) is 0 Å². The Kier molecular flexibility index (Phi) is 6.35. The number of nitrogens with zero attached hydrogens (tertiary/aromatic N) is 5. The third kappa shape index (κ3) is 4.56. The van der Waals surface area contributed by atoms with E-state index in [-0.39, 0.29) is 17.7 Å². The smallest absolute Gasteiger partial charge is 0.245 e. The normalized spacial score (nSPS) is 17.5. The third-order valence-corrected chi connectivity index (χ3v) is 6.06. The average molecular weight is 432 g/mol. The molecule has 3 aromatic rings. The van der Waals surface area contributed by atoms with Crippen molar-refractivity contribution in [3.8, 4) is 11.1 Å². The van der Waals surface area contributed by atoms with Crippen molar-refractivity contribution in [1.29, 1.82) is 0 Å². The molecule has 1 aromatic carbocycles. The number of likely N-dealkylation sites (N-methyl/N-ethyl adjacent to an activating group) is 1. The van der Waals surface area contributed by atoms with Gasteiger partial charge in [0, 0.05) is 50.7 Å². The minimum atomic E-state index is -0.527. The lowest BCUT2D eigenvalue weighted by atomic mass is 9.93. The topological polar surface area (TPSA) is 71.3 Å². The lowest BCUT2D eigenvalue weighted by Gasteiger charge is -2.40. The van der Waals surface area contributed by atoms with Crippen LogP contribution in [0.5, 0.6) is 0 Å². The fourth-order valence-corrected chi connectivity index (χ4v) is 4.29. The van der Waals surface area contributed by atoms with Crippen LogP contribution in [0, 0.1) is 12.8 Å². The van der Waals surface area contributed by atoms with Gasteiger partial charge >= 0.3 is 0 Å². The summed E-state index contributed by atoms with van der Waals surface area (Å²) in [5.41, 5.74) is 3.99. The maximum Gasteiger partial charge on any atom is 0.245 e. The Hall–Kier alpha value is -3.48. The number of piperazine rings is 1. The number of amides is 2. The van der Waals surface area contributed by atoms with Crippen molar-refractivity contribution in [2.24, 2.45) is 5.92 Å². The average Bonchev–Trinajstić information content (AvgIpc) is 3.22. The number of pyridine rings is 1. The summed E-state index contributed by atoms with van der Waals surface area (Å²) in [4.78, 5) is 34.3. The minimum absolute atomic E-state index is 0.0107. The number of benzene rings is 1. The van der Waals surface area contributed by atoms with Crippen LogP contribution in [0.2, 0.25) is 0 Å². The molecule has 2 amide bonds. The van der Waals surface area contributed by atoms with Gasteiger partial charge in [0.25, 0.3) is 0 Å². The highest BCUT2D eigenvalue weighted by atomic mass is 16.2. The van der Waals surface area contributed by atoms with Gasteiger partial charge in [-0.3, -0.25) is 19.3 Å². The second kappa shape index (κ2) is 9.34. The Balaban J connectivity index is 1.59. The molecule has 0 N–H and O–H groups in total. The second-order valence-electron chi connectivity index (χ2n) is 8.49. The van der Waals surface area contributed by atoms with Crippen molar-refractivity contribution in [3.63, 3.8) is 0 Å². The number of carbonyl (C=O) groups is 2. The predicted molar refractivity (Wildman–Crippen MR) is 123 cm³/mol. The van der Waals surface area contributed by atoms with Crippen LogP contribution in [0.15, 0.2) is 61.1 Å². The maximum atomic E-state index is 13.4. The molecule has 1 aliphatic heterocycles. The molecule has 7 nitrogen and oxygen atoms in total. The lowest BCUT2D eigenvalue weighted by Crippen LogP contribution is -2.59. The number of carbonyl (C=O) groups excluding carboxylic acids is 2. The van der Waals surface area contributed by atoms with Gasteiger partial charge in [0.1, 0.15) is 6.04 Å². The fourth-order valence-electron chi connectivity index (χ4n) is 4.29. The minimum Gasteiger partial charge on any atom is -0.342 e. The van der Waals surface area contributed by atoms with E-state index < -0.39 is 6.04 Å². The molecule has 0 spiro atoms.